The first-order valence-electron chi connectivity index (χ1n) is 6.25. The predicted molar refractivity (Wildman–Crippen MR) is 69.0 cm³/mol. The predicted octanol–water partition coefficient (Wildman–Crippen LogP) is 3.00. The summed E-state index contributed by atoms with van der Waals surface area (Å²) in [5.74, 6) is 1.13. The molecule has 0 saturated heterocycles. The van der Waals surface area contributed by atoms with Crippen LogP contribution in [0.3, 0.4) is 0 Å². The van der Waals surface area contributed by atoms with Crippen LogP contribution in [0, 0.1) is 5.82 Å². The summed E-state index contributed by atoms with van der Waals surface area (Å²) in [6.45, 7) is 2.06. The van der Waals surface area contributed by atoms with Crippen LogP contribution in [0.4, 0.5) is 4.39 Å². The second-order valence-electron chi connectivity index (χ2n) is 4.74. The summed E-state index contributed by atoms with van der Waals surface area (Å²) in [6.07, 6.45) is 1.96. The maximum Gasteiger partial charge on any atom is 0.165 e. The summed E-state index contributed by atoms with van der Waals surface area (Å²) in [7, 11) is 5.02. The Bertz CT molecular complexity index is 448. The molecule has 0 aliphatic heterocycles. The molecule has 0 radical (unpaired) electrons. The van der Waals surface area contributed by atoms with Gasteiger partial charge in [-0.1, -0.05) is 6.92 Å². The van der Waals surface area contributed by atoms with Gasteiger partial charge < -0.3 is 14.8 Å². The van der Waals surface area contributed by atoms with Crippen LogP contribution in [0.2, 0.25) is 0 Å². The molecule has 0 heterocycles. The highest BCUT2D eigenvalue weighted by Gasteiger charge is 2.32. The van der Waals surface area contributed by atoms with Gasteiger partial charge in [0.05, 0.1) is 14.2 Å². The molecule has 1 N–H and O–H groups in total. The standard InChI is InChI=1S/C14H20FNO2/c1-8-5-6-10(16-2)13-12(8)9(15)7-11(17-3)14(13)18-4/h7-8,10,16H,5-6H2,1-4H3. The second-order valence-corrected chi connectivity index (χ2v) is 4.74. The van der Waals surface area contributed by atoms with E-state index < -0.39 is 0 Å². The lowest BCUT2D eigenvalue weighted by molar-refractivity contribution is 0.333. The van der Waals surface area contributed by atoms with Gasteiger partial charge in [-0.25, -0.2) is 4.39 Å². The lowest BCUT2D eigenvalue weighted by atomic mass is 9.80. The van der Waals surface area contributed by atoms with Crippen LogP contribution in [0.25, 0.3) is 0 Å². The van der Waals surface area contributed by atoms with Crippen molar-refractivity contribution in [1.29, 1.82) is 0 Å². The third kappa shape index (κ3) is 1.94. The summed E-state index contributed by atoms with van der Waals surface area (Å²) >= 11 is 0. The molecule has 100 valence electrons. The van der Waals surface area contributed by atoms with Gasteiger partial charge in [-0.15, -0.1) is 0 Å². The van der Waals surface area contributed by atoms with Crippen molar-refractivity contribution in [3.63, 3.8) is 0 Å². The van der Waals surface area contributed by atoms with Gasteiger partial charge in [0.15, 0.2) is 11.5 Å². The summed E-state index contributed by atoms with van der Waals surface area (Å²) < 4.78 is 24.9. The Morgan fingerprint density at radius 3 is 2.50 bits per heavy atom. The quantitative estimate of drug-likeness (QED) is 0.898. The third-order valence-corrected chi connectivity index (χ3v) is 3.78. The Hall–Kier alpha value is -1.29. The van der Waals surface area contributed by atoms with Crippen LogP contribution >= 0.6 is 0 Å². The van der Waals surface area contributed by atoms with Crippen molar-refractivity contribution in [3.8, 4) is 11.5 Å². The van der Waals surface area contributed by atoms with E-state index in [1.807, 2.05) is 7.05 Å². The minimum Gasteiger partial charge on any atom is -0.493 e. The number of hydrogen-bond acceptors (Lipinski definition) is 3. The minimum atomic E-state index is -0.199. The topological polar surface area (TPSA) is 30.5 Å². The van der Waals surface area contributed by atoms with Crippen molar-refractivity contribution in [3.05, 3.63) is 23.0 Å². The molecule has 1 aromatic carbocycles. The van der Waals surface area contributed by atoms with Crippen LogP contribution < -0.4 is 14.8 Å². The average molecular weight is 253 g/mol. The zero-order valence-electron chi connectivity index (χ0n) is 11.3. The molecule has 4 heteroatoms. The number of halogens is 1. The van der Waals surface area contributed by atoms with Crippen LogP contribution in [0.15, 0.2) is 6.07 Å². The van der Waals surface area contributed by atoms with E-state index in [4.69, 9.17) is 9.47 Å². The molecule has 2 atom stereocenters. The highest BCUT2D eigenvalue weighted by Crippen LogP contribution is 2.47. The van der Waals surface area contributed by atoms with E-state index in [-0.39, 0.29) is 17.8 Å². The Kier molecular flexibility index (Phi) is 3.76. The molecule has 0 fully saturated rings. The highest BCUT2D eigenvalue weighted by atomic mass is 19.1. The molecule has 1 aliphatic carbocycles. The van der Waals surface area contributed by atoms with Crippen LogP contribution in [0.1, 0.15) is 42.9 Å². The van der Waals surface area contributed by atoms with Gasteiger partial charge in [-0.3, -0.25) is 0 Å². The number of methoxy groups -OCH3 is 2. The molecule has 2 unspecified atom stereocenters. The van der Waals surface area contributed by atoms with Crippen molar-refractivity contribution in [2.24, 2.45) is 0 Å². The van der Waals surface area contributed by atoms with Gasteiger partial charge in [0, 0.05) is 17.7 Å². The van der Waals surface area contributed by atoms with Gasteiger partial charge in [-0.2, -0.15) is 0 Å². The van der Waals surface area contributed by atoms with Gasteiger partial charge >= 0.3 is 0 Å². The van der Waals surface area contributed by atoms with Gasteiger partial charge in [0.25, 0.3) is 0 Å². The SMILES string of the molecule is CNC1CCC(C)c2c(F)cc(OC)c(OC)c21. The summed E-state index contributed by atoms with van der Waals surface area (Å²) in [4.78, 5) is 0. The van der Waals surface area contributed by atoms with E-state index in [1.165, 1.54) is 13.2 Å². The lowest BCUT2D eigenvalue weighted by Gasteiger charge is -2.32. The maximum absolute atomic E-state index is 14.2. The number of rotatable bonds is 3. The monoisotopic (exact) mass is 253 g/mol. The Labute approximate surface area is 107 Å². The number of ether oxygens (including phenoxy) is 2. The largest absolute Gasteiger partial charge is 0.493 e. The van der Waals surface area contributed by atoms with Gasteiger partial charge in [0.1, 0.15) is 5.82 Å². The highest BCUT2D eigenvalue weighted by molar-refractivity contribution is 5.55. The molecule has 0 bridgehead atoms. The van der Waals surface area contributed by atoms with E-state index in [0.717, 1.165) is 24.0 Å². The molecule has 0 saturated carbocycles. The zero-order chi connectivity index (χ0) is 13.3. The molecule has 18 heavy (non-hydrogen) atoms. The fraction of sp³-hybridized carbons (Fsp3) is 0.571. The zero-order valence-corrected chi connectivity index (χ0v) is 11.3. The number of nitrogens with one attached hydrogen (secondary N) is 1. The molecule has 3 nitrogen and oxygen atoms in total. The molecule has 1 aliphatic rings. The molecular weight excluding hydrogens is 233 g/mol. The summed E-state index contributed by atoms with van der Waals surface area (Å²) in [5.41, 5.74) is 1.67. The number of fused-ring (bicyclic) bond motifs is 1. The van der Waals surface area contributed by atoms with E-state index in [2.05, 4.69) is 12.2 Å². The van der Waals surface area contributed by atoms with Crippen molar-refractivity contribution in [1.82, 2.24) is 5.32 Å². The van der Waals surface area contributed by atoms with Gasteiger partial charge in [-0.05, 0) is 31.4 Å². The van der Waals surface area contributed by atoms with Gasteiger partial charge in [0.2, 0.25) is 0 Å². The first-order valence-corrected chi connectivity index (χ1v) is 6.25. The number of benzene rings is 1. The fourth-order valence-corrected chi connectivity index (χ4v) is 2.85. The molecule has 0 amide bonds. The second kappa shape index (κ2) is 5.14. The van der Waals surface area contributed by atoms with E-state index in [1.54, 1.807) is 7.11 Å². The van der Waals surface area contributed by atoms with Crippen LogP contribution in [0.5, 0.6) is 11.5 Å². The first kappa shape index (κ1) is 13.1. The maximum atomic E-state index is 14.2. The Balaban J connectivity index is 2.69. The van der Waals surface area contributed by atoms with Crippen molar-refractivity contribution in [2.75, 3.05) is 21.3 Å². The molecule has 0 spiro atoms. The van der Waals surface area contributed by atoms with E-state index >= 15 is 0 Å². The van der Waals surface area contributed by atoms with E-state index in [9.17, 15) is 4.39 Å². The Morgan fingerprint density at radius 2 is 1.94 bits per heavy atom. The minimum absolute atomic E-state index is 0.121. The first-order chi connectivity index (χ1) is 8.63. The molecule has 0 aromatic heterocycles. The average Bonchev–Trinajstić information content (AvgIpc) is 2.38. The lowest BCUT2D eigenvalue weighted by Crippen LogP contribution is -2.25. The number of hydrogen-bond donors (Lipinski definition) is 1. The van der Waals surface area contributed by atoms with E-state index in [0.29, 0.717) is 11.5 Å². The van der Waals surface area contributed by atoms with Crippen LogP contribution in [-0.2, 0) is 0 Å². The Morgan fingerprint density at radius 1 is 1.22 bits per heavy atom. The molecule has 1 aromatic rings. The van der Waals surface area contributed by atoms with Crippen molar-refractivity contribution < 1.29 is 13.9 Å². The third-order valence-electron chi connectivity index (χ3n) is 3.78. The smallest absolute Gasteiger partial charge is 0.165 e. The normalized spacial score (nSPS) is 22.5. The van der Waals surface area contributed by atoms with Crippen molar-refractivity contribution >= 4 is 0 Å². The fourth-order valence-electron chi connectivity index (χ4n) is 2.85. The molecule has 2 rings (SSSR count). The molecular formula is C14H20FNO2. The van der Waals surface area contributed by atoms with Crippen LogP contribution in [-0.4, -0.2) is 21.3 Å². The van der Waals surface area contributed by atoms with Crippen molar-refractivity contribution in [2.45, 2.75) is 31.7 Å². The summed E-state index contributed by atoms with van der Waals surface area (Å²) in [6, 6.07) is 1.54. The summed E-state index contributed by atoms with van der Waals surface area (Å²) in [5, 5.41) is 3.23.